The van der Waals surface area contributed by atoms with Crippen molar-refractivity contribution >= 4 is 29.6 Å². The molecule has 0 bridgehead atoms. The van der Waals surface area contributed by atoms with Crippen LogP contribution in [0.5, 0.6) is 5.75 Å². The lowest BCUT2D eigenvalue weighted by Crippen LogP contribution is -2.52. The summed E-state index contributed by atoms with van der Waals surface area (Å²) >= 11 is 0. The van der Waals surface area contributed by atoms with Crippen LogP contribution < -0.4 is 21.3 Å². The number of phenolic OH excluding ortho intramolecular Hbond substituents is 1. The van der Waals surface area contributed by atoms with Crippen molar-refractivity contribution in [3.05, 3.63) is 91.0 Å². The summed E-state index contributed by atoms with van der Waals surface area (Å²) in [6.07, 6.45) is 5.29. The van der Waals surface area contributed by atoms with Gasteiger partial charge in [-0.2, -0.15) is 0 Å². The van der Waals surface area contributed by atoms with Gasteiger partial charge in [-0.15, -0.1) is 13.2 Å². The molecule has 50 heavy (non-hydrogen) atoms. The van der Waals surface area contributed by atoms with Crippen LogP contribution in [0.4, 0.5) is 0 Å². The zero-order chi connectivity index (χ0) is 36.9. The average Bonchev–Trinajstić information content (AvgIpc) is 3.07. The Morgan fingerprint density at radius 1 is 0.740 bits per heavy atom. The topological polar surface area (TPSA) is 177 Å². The van der Waals surface area contributed by atoms with Crippen molar-refractivity contribution < 1.29 is 34.2 Å². The first-order valence-electron chi connectivity index (χ1n) is 17.1. The van der Waals surface area contributed by atoms with Crippen molar-refractivity contribution in [1.82, 2.24) is 26.2 Å². The van der Waals surface area contributed by atoms with E-state index in [1.807, 2.05) is 49.1 Å². The number of nitrogens with zero attached hydrogens (tertiary/aromatic N) is 1. The van der Waals surface area contributed by atoms with Gasteiger partial charge in [-0.3, -0.25) is 24.1 Å². The largest absolute Gasteiger partial charge is 0.508 e. The maximum atomic E-state index is 13.2. The van der Waals surface area contributed by atoms with Gasteiger partial charge in [-0.1, -0.05) is 68.5 Å². The number of carbonyl (C=O) groups excluding carboxylic acids is 4. The second-order valence-corrected chi connectivity index (χ2v) is 12.6. The van der Waals surface area contributed by atoms with E-state index in [0.717, 1.165) is 11.1 Å². The van der Waals surface area contributed by atoms with E-state index in [9.17, 15) is 34.2 Å². The highest BCUT2D eigenvalue weighted by molar-refractivity contribution is 5.90. The number of aliphatic carboxylic acids is 1. The predicted octanol–water partition coefficient (Wildman–Crippen LogP) is 3.11. The molecule has 0 saturated heterocycles. The van der Waals surface area contributed by atoms with E-state index in [1.165, 1.54) is 0 Å². The van der Waals surface area contributed by atoms with Gasteiger partial charge in [-0.25, -0.2) is 4.79 Å². The summed E-state index contributed by atoms with van der Waals surface area (Å²) < 4.78 is 0. The summed E-state index contributed by atoms with van der Waals surface area (Å²) in [7, 11) is 0. The second-order valence-electron chi connectivity index (χ2n) is 12.6. The Kier molecular flexibility index (Phi) is 18.6. The number of carbonyl (C=O) groups is 5. The molecule has 6 N–H and O–H groups in total. The first-order valence-corrected chi connectivity index (χ1v) is 17.1. The maximum Gasteiger partial charge on any atom is 0.326 e. The van der Waals surface area contributed by atoms with Crippen LogP contribution in [-0.4, -0.2) is 89.0 Å². The molecule has 12 nitrogen and oxygen atoms in total. The highest BCUT2D eigenvalue weighted by Crippen LogP contribution is 2.15. The number of amides is 4. The molecule has 0 spiro atoms. The quantitative estimate of drug-likeness (QED) is 0.0719. The summed E-state index contributed by atoms with van der Waals surface area (Å²) in [5.41, 5.74) is 1.70. The Balaban J connectivity index is 1.82. The van der Waals surface area contributed by atoms with Crippen LogP contribution in [0.3, 0.4) is 0 Å². The molecule has 272 valence electrons. The highest BCUT2D eigenvalue weighted by atomic mass is 16.4. The average molecular weight is 692 g/mol. The van der Waals surface area contributed by atoms with Gasteiger partial charge in [0.2, 0.25) is 23.6 Å². The van der Waals surface area contributed by atoms with Gasteiger partial charge >= 0.3 is 5.97 Å². The highest BCUT2D eigenvalue weighted by Gasteiger charge is 2.28. The number of hydrogen-bond donors (Lipinski definition) is 6. The summed E-state index contributed by atoms with van der Waals surface area (Å²) in [5, 5.41) is 30.2. The van der Waals surface area contributed by atoms with Gasteiger partial charge in [0.25, 0.3) is 0 Å². The smallest absolute Gasteiger partial charge is 0.326 e. The molecule has 0 aliphatic heterocycles. The minimum absolute atomic E-state index is 0.0446. The van der Waals surface area contributed by atoms with E-state index in [2.05, 4.69) is 34.4 Å². The number of benzene rings is 2. The number of carboxylic acids is 1. The molecular weight excluding hydrogens is 638 g/mol. The molecule has 0 aromatic heterocycles. The number of phenols is 1. The lowest BCUT2D eigenvalue weighted by atomic mass is 10.0. The molecule has 12 heteroatoms. The van der Waals surface area contributed by atoms with Crippen molar-refractivity contribution in [2.24, 2.45) is 5.92 Å². The molecule has 0 fully saturated rings. The molecule has 0 radical (unpaired) electrons. The van der Waals surface area contributed by atoms with E-state index in [-0.39, 0.29) is 55.7 Å². The molecule has 0 aliphatic carbocycles. The molecule has 2 aromatic carbocycles. The fourth-order valence-electron chi connectivity index (χ4n) is 5.34. The molecule has 3 atom stereocenters. The van der Waals surface area contributed by atoms with E-state index < -0.39 is 35.9 Å². The first-order chi connectivity index (χ1) is 23.9. The fraction of sp³-hybridized carbons (Fsp3) is 0.447. The third kappa shape index (κ3) is 16.0. The molecule has 4 amide bonds. The number of rotatable bonds is 24. The molecule has 0 heterocycles. The Morgan fingerprint density at radius 2 is 1.32 bits per heavy atom. The summed E-state index contributed by atoms with van der Waals surface area (Å²) in [6.45, 7) is 12.8. The number of hydrogen-bond acceptors (Lipinski definition) is 7. The molecule has 0 saturated carbocycles. The van der Waals surface area contributed by atoms with Crippen LogP contribution in [-0.2, 0) is 36.8 Å². The lowest BCUT2D eigenvalue weighted by Gasteiger charge is -2.29. The minimum atomic E-state index is -1.14. The van der Waals surface area contributed by atoms with E-state index in [4.69, 9.17) is 0 Å². The van der Waals surface area contributed by atoms with Gasteiger partial charge in [0.05, 0.1) is 6.04 Å². The molecule has 0 aliphatic rings. The third-order valence-corrected chi connectivity index (χ3v) is 7.87. The normalized spacial score (nSPS) is 12.7. The van der Waals surface area contributed by atoms with Crippen LogP contribution >= 0.6 is 0 Å². The Hall–Kier alpha value is -4.97. The van der Waals surface area contributed by atoms with Gasteiger partial charge < -0.3 is 31.5 Å². The van der Waals surface area contributed by atoms with E-state index in [0.29, 0.717) is 38.9 Å². The summed E-state index contributed by atoms with van der Waals surface area (Å²) in [4.78, 5) is 65.2. The minimum Gasteiger partial charge on any atom is -0.508 e. The number of nitrogens with one attached hydrogen (secondary N) is 4. The van der Waals surface area contributed by atoms with Crippen LogP contribution in [0, 0.1) is 5.92 Å². The SMILES string of the molecule is C=CCN(CC=C)[C@@H](Cc1ccc(O)cc1)C(=O)NCCCC(=O)NCCCC(=O)N[C@@H](Cc1ccccc1)C(=O)N[C@@H](CC(C)C)C(=O)O. The van der Waals surface area contributed by atoms with Crippen molar-refractivity contribution in [3.63, 3.8) is 0 Å². The molecule has 2 rings (SSSR count). The van der Waals surface area contributed by atoms with Gasteiger partial charge in [-0.05, 0) is 54.9 Å². The van der Waals surface area contributed by atoms with Gasteiger partial charge in [0.15, 0.2) is 0 Å². The number of carboxylic acid groups (broad SMARTS) is 1. The number of aromatic hydroxyl groups is 1. The predicted molar refractivity (Wildman–Crippen MR) is 193 cm³/mol. The Morgan fingerprint density at radius 3 is 1.90 bits per heavy atom. The second kappa shape index (κ2) is 22.6. The van der Waals surface area contributed by atoms with Crippen LogP contribution in [0.25, 0.3) is 0 Å². The van der Waals surface area contributed by atoms with Crippen molar-refractivity contribution in [1.29, 1.82) is 0 Å². The Labute approximate surface area is 295 Å². The summed E-state index contributed by atoms with van der Waals surface area (Å²) in [5.74, 6) is -2.31. The van der Waals surface area contributed by atoms with E-state index >= 15 is 0 Å². The monoisotopic (exact) mass is 691 g/mol. The molecule has 0 unspecified atom stereocenters. The maximum absolute atomic E-state index is 13.2. The molecule has 2 aromatic rings. The third-order valence-electron chi connectivity index (χ3n) is 7.87. The van der Waals surface area contributed by atoms with Crippen molar-refractivity contribution in [2.45, 2.75) is 76.9 Å². The van der Waals surface area contributed by atoms with Gasteiger partial charge in [0, 0.05) is 45.4 Å². The standard InChI is InChI=1S/C38H53N5O7/c1-5-22-43(23-6-2)33(26-29-16-18-30(44)19-17-29)37(48)40-21-10-14-34(45)39-20-11-15-35(46)41-31(25-28-12-8-7-9-13-28)36(47)42-32(38(49)50)24-27(3)4/h5-9,12-13,16-19,27,31-33,44H,1-2,10-11,14-15,20-26H2,3-4H3,(H,39,45)(H,40,48)(H,41,46)(H,42,47)(H,49,50)/t31-,32-,33-/m0/s1. The van der Waals surface area contributed by atoms with Crippen LogP contribution in [0.1, 0.15) is 57.1 Å². The van der Waals surface area contributed by atoms with Crippen LogP contribution in [0.15, 0.2) is 79.9 Å². The zero-order valence-electron chi connectivity index (χ0n) is 29.2. The molecular formula is C38H53N5O7. The van der Waals surface area contributed by atoms with Crippen LogP contribution in [0.2, 0.25) is 0 Å². The first kappa shape index (κ1) is 41.2. The fourth-order valence-corrected chi connectivity index (χ4v) is 5.34. The van der Waals surface area contributed by atoms with Crippen molar-refractivity contribution in [3.8, 4) is 5.75 Å². The zero-order valence-corrected chi connectivity index (χ0v) is 29.2. The van der Waals surface area contributed by atoms with Crippen molar-refractivity contribution in [2.75, 3.05) is 26.2 Å². The Bertz CT molecular complexity index is 1390. The summed E-state index contributed by atoms with van der Waals surface area (Å²) in [6, 6.07) is 13.3. The van der Waals surface area contributed by atoms with E-state index in [1.54, 1.807) is 36.4 Å². The lowest BCUT2D eigenvalue weighted by molar-refractivity contribution is -0.142. The van der Waals surface area contributed by atoms with Gasteiger partial charge in [0.1, 0.15) is 17.8 Å².